The third kappa shape index (κ3) is 11.8. The predicted octanol–water partition coefficient (Wildman–Crippen LogP) is 0.107. The molecular formula is C6H16N2Ni+2. The summed E-state index contributed by atoms with van der Waals surface area (Å²) in [5.74, 6) is 0. The largest absolute Gasteiger partial charge is 2.00 e. The summed E-state index contributed by atoms with van der Waals surface area (Å²) in [7, 11) is 8.35. The first-order valence-electron chi connectivity index (χ1n) is 2.92. The Morgan fingerprint density at radius 2 is 1.00 bits per heavy atom. The summed E-state index contributed by atoms with van der Waals surface area (Å²) >= 11 is 0. The van der Waals surface area contributed by atoms with Gasteiger partial charge in [-0.2, -0.15) is 0 Å². The Hall–Kier alpha value is 0.414. The molecule has 0 N–H and O–H groups in total. The van der Waals surface area contributed by atoms with Crippen molar-refractivity contribution in [1.82, 2.24) is 9.80 Å². The zero-order chi connectivity index (χ0) is 6.57. The maximum absolute atomic E-state index is 2.18. The molecule has 0 amide bonds. The molecule has 0 unspecified atom stereocenters. The van der Waals surface area contributed by atoms with Crippen LogP contribution in [0.2, 0.25) is 0 Å². The molecule has 0 rings (SSSR count). The molecule has 3 heteroatoms. The number of likely N-dealkylation sites (N-methyl/N-ethyl adjacent to an activating group) is 2. The molecule has 0 aromatic rings. The molecule has 0 aromatic heterocycles. The van der Waals surface area contributed by atoms with E-state index in [1.165, 1.54) is 0 Å². The Kier molecular flexibility index (Phi) is 8.80. The van der Waals surface area contributed by atoms with Gasteiger partial charge in [-0.05, 0) is 28.2 Å². The van der Waals surface area contributed by atoms with E-state index in [0.29, 0.717) is 0 Å². The normalized spacial score (nSPS) is 10.0. The Bertz CT molecular complexity index is 47.0. The summed E-state index contributed by atoms with van der Waals surface area (Å²) in [5, 5.41) is 0. The second-order valence-corrected chi connectivity index (χ2v) is 2.61. The van der Waals surface area contributed by atoms with Crippen LogP contribution in [-0.4, -0.2) is 51.1 Å². The van der Waals surface area contributed by atoms with Gasteiger partial charge in [-0.15, -0.1) is 0 Å². The first-order chi connectivity index (χ1) is 3.63. The van der Waals surface area contributed by atoms with Crippen LogP contribution in [0.4, 0.5) is 0 Å². The van der Waals surface area contributed by atoms with Crippen molar-refractivity contribution < 1.29 is 16.5 Å². The van der Waals surface area contributed by atoms with Crippen LogP contribution in [0.15, 0.2) is 0 Å². The Labute approximate surface area is 68.1 Å². The van der Waals surface area contributed by atoms with Crippen LogP contribution < -0.4 is 0 Å². The molecule has 0 aliphatic heterocycles. The third-order valence-corrected chi connectivity index (χ3v) is 0.994. The SMILES string of the molecule is CN(C)CCN(C)C.[Ni+2]. The molecule has 0 spiro atoms. The Morgan fingerprint density at radius 3 is 1.11 bits per heavy atom. The first kappa shape index (κ1) is 12.1. The fourth-order valence-corrected chi connectivity index (χ4v) is 0.400. The van der Waals surface area contributed by atoms with Crippen molar-refractivity contribution in [2.75, 3.05) is 41.3 Å². The van der Waals surface area contributed by atoms with E-state index in [1.807, 2.05) is 0 Å². The molecule has 2 nitrogen and oxygen atoms in total. The average Bonchev–Trinajstić information content (AvgIpc) is 1.61. The number of nitrogens with zero attached hydrogens (tertiary/aromatic N) is 2. The molecule has 0 aromatic carbocycles. The van der Waals surface area contributed by atoms with E-state index < -0.39 is 0 Å². The quantitative estimate of drug-likeness (QED) is 0.561. The maximum atomic E-state index is 2.18. The molecule has 0 atom stereocenters. The number of hydrogen-bond acceptors (Lipinski definition) is 2. The van der Waals surface area contributed by atoms with Gasteiger partial charge < -0.3 is 9.80 Å². The molecule has 58 valence electrons. The van der Waals surface area contributed by atoms with Crippen molar-refractivity contribution in [3.8, 4) is 0 Å². The van der Waals surface area contributed by atoms with E-state index in [-0.39, 0.29) is 16.5 Å². The molecule has 0 saturated heterocycles. The molecule has 0 aliphatic carbocycles. The molecule has 0 fully saturated rings. The van der Waals surface area contributed by atoms with Crippen LogP contribution in [0.1, 0.15) is 0 Å². The minimum Gasteiger partial charge on any atom is -0.308 e. The van der Waals surface area contributed by atoms with Crippen LogP contribution in [0.5, 0.6) is 0 Å². The first-order valence-corrected chi connectivity index (χ1v) is 2.92. The van der Waals surface area contributed by atoms with Crippen LogP contribution in [0, 0.1) is 0 Å². The van der Waals surface area contributed by atoms with E-state index >= 15 is 0 Å². The topological polar surface area (TPSA) is 6.48 Å². The van der Waals surface area contributed by atoms with Crippen LogP contribution in [-0.2, 0) is 16.5 Å². The van der Waals surface area contributed by atoms with Gasteiger partial charge in [0, 0.05) is 13.1 Å². The van der Waals surface area contributed by atoms with E-state index in [4.69, 9.17) is 0 Å². The molecule has 0 radical (unpaired) electrons. The van der Waals surface area contributed by atoms with E-state index in [2.05, 4.69) is 38.0 Å². The fourth-order valence-electron chi connectivity index (χ4n) is 0.400. The fraction of sp³-hybridized carbons (Fsp3) is 1.00. The van der Waals surface area contributed by atoms with Crippen molar-refractivity contribution in [1.29, 1.82) is 0 Å². The van der Waals surface area contributed by atoms with Gasteiger partial charge in [-0.1, -0.05) is 0 Å². The van der Waals surface area contributed by atoms with Crippen LogP contribution in [0.25, 0.3) is 0 Å². The van der Waals surface area contributed by atoms with Crippen molar-refractivity contribution >= 4 is 0 Å². The Morgan fingerprint density at radius 1 is 0.778 bits per heavy atom. The second kappa shape index (κ2) is 6.53. The molecule has 0 heterocycles. The van der Waals surface area contributed by atoms with E-state index in [9.17, 15) is 0 Å². The predicted molar refractivity (Wildman–Crippen MR) is 37.1 cm³/mol. The van der Waals surface area contributed by atoms with Crippen molar-refractivity contribution in [2.24, 2.45) is 0 Å². The van der Waals surface area contributed by atoms with Gasteiger partial charge in [-0.3, -0.25) is 0 Å². The summed E-state index contributed by atoms with van der Waals surface area (Å²) in [5.41, 5.74) is 0. The van der Waals surface area contributed by atoms with Crippen molar-refractivity contribution in [3.63, 3.8) is 0 Å². The summed E-state index contributed by atoms with van der Waals surface area (Å²) in [6.07, 6.45) is 0. The van der Waals surface area contributed by atoms with Gasteiger partial charge in [0.2, 0.25) is 0 Å². The molecule has 0 aliphatic rings. The van der Waals surface area contributed by atoms with Crippen LogP contribution >= 0.6 is 0 Å². The van der Waals surface area contributed by atoms with Gasteiger partial charge in [-0.25, -0.2) is 0 Å². The maximum Gasteiger partial charge on any atom is 2.00 e. The van der Waals surface area contributed by atoms with Gasteiger partial charge in [0.05, 0.1) is 0 Å². The second-order valence-electron chi connectivity index (χ2n) is 2.61. The molecule has 0 bridgehead atoms. The van der Waals surface area contributed by atoms with Crippen molar-refractivity contribution in [3.05, 3.63) is 0 Å². The summed E-state index contributed by atoms with van der Waals surface area (Å²) in [6, 6.07) is 0. The standard InChI is InChI=1S/C6H16N2.Ni/c1-7(2)5-6-8(3)4;/h5-6H2,1-4H3;/q;+2. The van der Waals surface area contributed by atoms with Crippen LogP contribution in [0.3, 0.4) is 0 Å². The zero-order valence-corrected chi connectivity index (χ0v) is 7.61. The number of rotatable bonds is 3. The molecule has 9 heavy (non-hydrogen) atoms. The summed E-state index contributed by atoms with van der Waals surface area (Å²) in [6.45, 7) is 2.29. The van der Waals surface area contributed by atoms with Gasteiger partial charge in [0.1, 0.15) is 0 Å². The van der Waals surface area contributed by atoms with Gasteiger partial charge >= 0.3 is 16.5 Å². The summed E-state index contributed by atoms with van der Waals surface area (Å²) in [4.78, 5) is 4.36. The molecular weight excluding hydrogens is 159 g/mol. The minimum atomic E-state index is 0. The number of hydrogen-bond donors (Lipinski definition) is 0. The summed E-state index contributed by atoms with van der Waals surface area (Å²) < 4.78 is 0. The van der Waals surface area contributed by atoms with Crippen molar-refractivity contribution in [2.45, 2.75) is 0 Å². The Balaban J connectivity index is 0. The smallest absolute Gasteiger partial charge is 0.308 e. The third-order valence-electron chi connectivity index (χ3n) is 0.994. The zero-order valence-electron chi connectivity index (χ0n) is 6.62. The van der Waals surface area contributed by atoms with E-state index in [0.717, 1.165) is 13.1 Å². The minimum absolute atomic E-state index is 0. The molecule has 0 saturated carbocycles. The average molecular weight is 175 g/mol. The van der Waals surface area contributed by atoms with Gasteiger partial charge in [0.15, 0.2) is 0 Å². The van der Waals surface area contributed by atoms with E-state index in [1.54, 1.807) is 0 Å². The van der Waals surface area contributed by atoms with Gasteiger partial charge in [0.25, 0.3) is 0 Å². The monoisotopic (exact) mass is 174 g/mol.